The first-order valence-electron chi connectivity index (χ1n) is 3.39. The molecule has 66 valence electrons. The maximum atomic E-state index is 10.8. The summed E-state index contributed by atoms with van der Waals surface area (Å²) in [7, 11) is 1.60. The van der Waals surface area contributed by atoms with Crippen LogP contribution in [0, 0.1) is 0 Å². The van der Waals surface area contributed by atoms with Gasteiger partial charge in [0.2, 0.25) is 0 Å². The molecule has 0 aliphatic rings. The Balaban J connectivity index is 0.00000121. The van der Waals surface area contributed by atoms with E-state index in [2.05, 4.69) is 0 Å². The van der Waals surface area contributed by atoms with Gasteiger partial charge in [-0.3, -0.25) is 4.79 Å². The van der Waals surface area contributed by atoms with Crippen molar-refractivity contribution in [2.75, 3.05) is 7.11 Å². The number of Topliss-reactive ketones (excluding diaryl/α,β-unsaturated/α-hetero) is 1. The Morgan fingerprint density at radius 3 is 2.08 bits per heavy atom. The third kappa shape index (κ3) is 2.55. The number of hydrogen-bond acceptors (Lipinski definition) is 2. The zero-order valence-corrected chi connectivity index (χ0v) is 7.85. The third-order valence-corrected chi connectivity index (χ3v) is 1.50. The fourth-order valence-electron chi connectivity index (χ4n) is 0.826. The molecule has 0 aliphatic carbocycles. The van der Waals surface area contributed by atoms with Gasteiger partial charge in [0, 0.05) is 5.56 Å². The second kappa shape index (κ2) is 4.78. The molecule has 0 saturated heterocycles. The van der Waals surface area contributed by atoms with Gasteiger partial charge in [-0.15, -0.1) is 12.4 Å². The quantitative estimate of drug-likeness (QED) is 0.663. The normalized spacial score (nSPS) is 8.50. The Kier molecular flexibility index (Phi) is 4.37. The average Bonchev–Trinajstić information content (AvgIpc) is 2.05. The topological polar surface area (TPSA) is 26.3 Å². The number of carbonyl (C=O) groups is 1. The van der Waals surface area contributed by atoms with Crippen molar-refractivity contribution < 1.29 is 9.53 Å². The smallest absolute Gasteiger partial charge is 0.159 e. The molecule has 1 aromatic carbocycles. The highest BCUT2D eigenvalue weighted by molar-refractivity contribution is 5.94. The van der Waals surface area contributed by atoms with Crippen LogP contribution in [0.15, 0.2) is 24.3 Å². The number of hydrogen-bond donors (Lipinski definition) is 0. The van der Waals surface area contributed by atoms with Crippen LogP contribution in [0.3, 0.4) is 0 Å². The Morgan fingerprint density at radius 2 is 1.75 bits per heavy atom. The average molecular weight is 187 g/mol. The Labute approximate surface area is 78.0 Å². The van der Waals surface area contributed by atoms with E-state index in [1.807, 2.05) is 0 Å². The fraction of sp³-hybridized carbons (Fsp3) is 0.222. The van der Waals surface area contributed by atoms with E-state index in [4.69, 9.17) is 4.74 Å². The van der Waals surface area contributed by atoms with Crippen molar-refractivity contribution in [2.24, 2.45) is 0 Å². The molecular weight excluding hydrogens is 176 g/mol. The first-order valence-corrected chi connectivity index (χ1v) is 3.39. The number of halogens is 1. The summed E-state index contributed by atoms with van der Waals surface area (Å²) in [5.41, 5.74) is 0.714. The van der Waals surface area contributed by atoms with Crippen LogP contribution < -0.4 is 4.74 Å². The van der Waals surface area contributed by atoms with Crippen LogP contribution in [-0.2, 0) is 0 Å². The van der Waals surface area contributed by atoms with E-state index in [1.54, 1.807) is 38.3 Å². The third-order valence-electron chi connectivity index (χ3n) is 1.50. The lowest BCUT2D eigenvalue weighted by molar-refractivity contribution is 0.101. The zero-order chi connectivity index (χ0) is 8.27. The number of methoxy groups -OCH3 is 1. The molecular formula is C9H11ClO2. The summed E-state index contributed by atoms with van der Waals surface area (Å²) in [5, 5.41) is 0. The Bertz CT molecular complexity index is 254. The van der Waals surface area contributed by atoms with Crippen molar-refractivity contribution in [3.63, 3.8) is 0 Å². The summed E-state index contributed by atoms with van der Waals surface area (Å²) < 4.78 is 4.94. The summed E-state index contributed by atoms with van der Waals surface area (Å²) in [6, 6.07) is 7.05. The minimum Gasteiger partial charge on any atom is -0.497 e. The second-order valence-corrected chi connectivity index (χ2v) is 2.28. The Morgan fingerprint density at radius 1 is 1.25 bits per heavy atom. The van der Waals surface area contributed by atoms with Gasteiger partial charge in [-0.2, -0.15) is 0 Å². The van der Waals surface area contributed by atoms with Gasteiger partial charge in [-0.1, -0.05) is 0 Å². The van der Waals surface area contributed by atoms with Crippen LogP contribution in [0.5, 0.6) is 5.75 Å². The lowest BCUT2D eigenvalue weighted by Crippen LogP contribution is -1.91. The summed E-state index contributed by atoms with van der Waals surface area (Å²) in [4.78, 5) is 10.8. The molecule has 0 N–H and O–H groups in total. The number of benzene rings is 1. The van der Waals surface area contributed by atoms with Crippen molar-refractivity contribution in [3.05, 3.63) is 29.8 Å². The zero-order valence-electron chi connectivity index (χ0n) is 7.03. The summed E-state index contributed by atoms with van der Waals surface area (Å²) in [6.45, 7) is 1.54. The SMILES string of the molecule is COc1ccc(C(C)=O)cc1.Cl. The molecule has 12 heavy (non-hydrogen) atoms. The standard InChI is InChI=1S/C9H10O2.ClH/c1-7(10)8-3-5-9(11-2)6-4-8;/h3-6H,1-2H3;1H. The van der Waals surface area contributed by atoms with Gasteiger partial charge in [-0.25, -0.2) is 0 Å². The first kappa shape index (κ1) is 11.0. The van der Waals surface area contributed by atoms with E-state index in [0.29, 0.717) is 5.56 Å². The van der Waals surface area contributed by atoms with E-state index in [0.717, 1.165) is 5.75 Å². The molecule has 0 atom stereocenters. The highest BCUT2D eigenvalue weighted by Gasteiger charge is 1.97. The lowest BCUT2D eigenvalue weighted by atomic mass is 10.1. The van der Waals surface area contributed by atoms with E-state index in [-0.39, 0.29) is 18.2 Å². The van der Waals surface area contributed by atoms with Crippen molar-refractivity contribution in [1.82, 2.24) is 0 Å². The molecule has 0 bridgehead atoms. The van der Waals surface area contributed by atoms with Crippen LogP contribution >= 0.6 is 12.4 Å². The molecule has 0 aromatic heterocycles. The summed E-state index contributed by atoms with van der Waals surface area (Å²) in [5.74, 6) is 0.850. The van der Waals surface area contributed by atoms with E-state index in [1.165, 1.54) is 0 Å². The molecule has 0 spiro atoms. The summed E-state index contributed by atoms with van der Waals surface area (Å²) >= 11 is 0. The van der Waals surface area contributed by atoms with Crippen molar-refractivity contribution >= 4 is 18.2 Å². The fourth-order valence-corrected chi connectivity index (χ4v) is 0.826. The molecule has 1 rings (SSSR count). The molecule has 0 radical (unpaired) electrons. The molecule has 0 amide bonds. The predicted octanol–water partition coefficient (Wildman–Crippen LogP) is 2.32. The number of rotatable bonds is 2. The highest BCUT2D eigenvalue weighted by atomic mass is 35.5. The second-order valence-electron chi connectivity index (χ2n) is 2.28. The maximum Gasteiger partial charge on any atom is 0.159 e. The van der Waals surface area contributed by atoms with Gasteiger partial charge < -0.3 is 4.74 Å². The van der Waals surface area contributed by atoms with Gasteiger partial charge >= 0.3 is 0 Å². The van der Waals surface area contributed by atoms with Crippen LogP contribution in [0.2, 0.25) is 0 Å². The molecule has 0 unspecified atom stereocenters. The monoisotopic (exact) mass is 186 g/mol. The van der Waals surface area contributed by atoms with Crippen LogP contribution in [0.1, 0.15) is 17.3 Å². The molecule has 0 fully saturated rings. The molecule has 2 nitrogen and oxygen atoms in total. The van der Waals surface area contributed by atoms with Crippen molar-refractivity contribution in [2.45, 2.75) is 6.92 Å². The molecule has 0 saturated carbocycles. The van der Waals surface area contributed by atoms with E-state index in [9.17, 15) is 4.79 Å². The first-order chi connectivity index (χ1) is 5.24. The molecule has 0 heterocycles. The van der Waals surface area contributed by atoms with Gasteiger partial charge in [0.05, 0.1) is 7.11 Å². The number of ketones is 1. The molecule has 3 heteroatoms. The van der Waals surface area contributed by atoms with Crippen molar-refractivity contribution in [1.29, 1.82) is 0 Å². The summed E-state index contributed by atoms with van der Waals surface area (Å²) in [6.07, 6.45) is 0. The maximum absolute atomic E-state index is 10.8. The minimum absolute atomic E-state index is 0. The lowest BCUT2D eigenvalue weighted by Gasteiger charge is -1.98. The van der Waals surface area contributed by atoms with Gasteiger partial charge in [0.1, 0.15) is 5.75 Å². The molecule has 0 aliphatic heterocycles. The largest absolute Gasteiger partial charge is 0.497 e. The predicted molar refractivity (Wildman–Crippen MR) is 50.2 cm³/mol. The number of ether oxygens (including phenoxy) is 1. The van der Waals surface area contributed by atoms with Gasteiger partial charge in [0.25, 0.3) is 0 Å². The van der Waals surface area contributed by atoms with Crippen LogP contribution in [0.4, 0.5) is 0 Å². The Hall–Kier alpha value is -1.02. The van der Waals surface area contributed by atoms with Crippen LogP contribution in [0.25, 0.3) is 0 Å². The highest BCUT2D eigenvalue weighted by Crippen LogP contribution is 2.11. The number of carbonyl (C=O) groups excluding carboxylic acids is 1. The molecule has 1 aromatic rings. The van der Waals surface area contributed by atoms with E-state index < -0.39 is 0 Å². The van der Waals surface area contributed by atoms with E-state index >= 15 is 0 Å². The van der Waals surface area contributed by atoms with Crippen molar-refractivity contribution in [3.8, 4) is 5.75 Å². The minimum atomic E-state index is 0. The van der Waals surface area contributed by atoms with Crippen LogP contribution in [-0.4, -0.2) is 12.9 Å². The van der Waals surface area contributed by atoms with Gasteiger partial charge in [-0.05, 0) is 31.2 Å². The van der Waals surface area contributed by atoms with Gasteiger partial charge in [0.15, 0.2) is 5.78 Å².